The molecule has 0 aliphatic carbocycles. The highest BCUT2D eigenvalue weighted by molar-refractivity contribution is 6.21. The molecule has 2 heterocycles. The second kappa shape index (κ2) is 5.10. The number of amides is 2. The van der Waals surface area contributed by atoms with Crippen molar-refractivity contribution in [3.05, 3.63) is 52.9 Å². The first kappa shape index (κ1) is 14.0. The van der Waals surface area contributed by atoms with Crippen LogP contribution >= 0.6 is 0 Å². The third kappa shape index (κ3) is 2.07. The number of hydrogen-bond acceptors (Lipinski definition) is 6. The molecule has 2 aromatic rings. The first-order valence-corrected chi connectivity index (χ1v) is 6.65. The van der Waals surface area contributed by atoms with Crippen molar-refractivity contribution in [1.29, 1.82) is 0 Å². The molecular formula is C15H12N2O5. The molecule has 0 saturated carbocycles. The molecular weight excluding hydrogens is 288 g/mol. The molecule has 0 N–H and O–H groups in total. The van der Waals surface area contributed by atoms with Crippen molar-refractivity contribution >= 4 is 17.8 Å². The van der Waals surface area contributed by atoms with Crippen molar-refractivity contribution < 1.29 is 23.7 Å². The second-order valence-electron chi connectivity index (χ2n) is 5.09. The van der Waals surface area contributed by atoms with Crippen LogP contribution in [0.2, 0.25) is 0 Å². The van der Waals surface area contributed by atoms with Gasteiger partial charge in [0.25, 0.3) is 11.8 Å². The fraction of sp³-hybridized carbons (Fsp3) is 0.200. The van der Waals surface area contributed by atoms with Gasteiger partial charge in [0.05, 0.1) is 17.3 Å². The van der Waals surface area contributed by atoms with E-state index in [4.69, 9.17) is 9.36 Å². The molecule has 1 aromatic heterocycles. The van der Waals surface area contributed by atoms with Gasteiger partial charge in [0, 0.05) is 5.92 Å². The second-order valence-corrected chi connectivity index (χ2v) is 5.09. The summed E-state index contributed by atoms with van der Waals surface area (Å²) in [6.07, 6.45) is 1.20. The molecule has 1 aliphatic rings. The van der Waals surface area contributed by atoms with Gasteiger partial charge in [-0.15, -0.1) is 0 Å². The molecule has 0 bridgehead atoms. The Labute approximate surface area is 125 Å². The van der Waals surface area contributed by atoms with E-state index in [0.717, 1.165) is 0 Å². The molecule has 1 aliphatic heterocycles. The summed E-state index contributed by atoms with van der Waals surface area (Å²) < 4.78 is 4.99. The molecule has 1 aromatic carbocycles. The summed E-state index contributed by atoms with van der Waals surface area (Å²) in [6, 6.07) is 6.27. The van der Waals surface area contributed by atoms with Crippen LogP contribution in [-0.4, -0.2) is 28.0 Å². The number of nitrogens with zero attached hydrogens (tertiary/aromatic N) is 2. The number of imide groups is 1. The number of hydroxylamine groups is 2. The van der Waals surface area contributed by atoms with Gasteiger partial charge in [0.1, 0.15) is 5.56 Å². The Balaban J connectivity index is 1.86. The largest absolute Gasteiger partial charge is 0.369 e. The zero-order valence-corrected chi connectivity index (χ0v) is 11.9. The lowest BCUT2D eigenvalue weighted by atomic mass is 10.1. The molecule has 0 fully saturated rings. The lowest BCUT2D eigenvalue weighted by molar-refractivity contribution is -0.0586. The Morgan fingerprint density at radius 1 is 1.18 bits per heavy atom. The van der Waals surface area contributed by atoms with E-state index in [2.05, 4.69) is 5.16 Å². The van der Waals surface area contributed by atoms with Crippen LogP contribution in [0.15, 0.2) is 35.0 Å². The van der Waals surface area contributed by atoms with Crippen LogP contribution in [0.3, 0.4) is 0 Å². The molecule has 0 radical (unpaired) electrons. The van der Waals surface area contributed by atoms with Gasteiger partial charge in [0.15, 0.2) is 5.76 Å². The van der Waals surface area contributed by atoms with Crippen LogP contribution in [0.5, 0.6) is 0 Å². The van der Waals surface area contributed by atoms with Crippen molar-refractivity contribution in [3.63, 3.8) is 0 Å². The number of carbonyl (C=O) groups excluding carboxylic acids is 3. The standard InChI is InChI=1S/C15H12N2O5/c1-8(2)12-11(7-16-21-12)15(20)22-17-13(18)9-5-3-4-6-10(9)14(17)19/h3-8H,1-2H3. The fourth-order valence-electron chi connectivity index (χ4n) is 2.20. The smallest absolute Gasteiger partial charge is 0.360 e. The van der Waals surface area contributed by atoms with Crippen LogP contribution in [0, 0.1) is 0 Å². The summed E-state index contributed by atoms with van der Waals surface area (Å²) >= 11 is 0. The van der Waals surface area contributed by atoms with Crippen molar-refractivity contribution in [2.75, 3.05) is 0 Å². The maximum Gasteiger partial charge on any atom is 0.369 e. The molecule has 22 heavy (non-hydrogen) atoms. The van der Waals surface area contributed by atoms with Gasteiger partial charge in [-0.05, 0) is 12.1 Å². The van der Waals surface area contributed by atoms with Crippen LogP contribution in [0.25, 0.3) is 0 Å². The van der Waals surface area contributed by atoms with E-state index < -0.39 is 17.8 Å². The Kier molecular flexibility index (Phi) is 3.25. The molecule has 0 spiro atoms. The van der Waals surface area contributed by atoms with Gasteiger partial charge in [-0.25, -0.2) is 4.79 Å². The number of fused-ring (bicyclic) bond motifs is 1. The molecule has 112 valence electrons. The van der Waals surface area contributed by atoms with Crippen LogP contribution in [0.1, 0.15) is 56.6 Å². The van der Waals surface area contributed by atoms with E-state index in [1.807, 2.05) is 13.8 Å². The van der Waals surface area contributed by atoms with Crippen molar-refractivity contribution in [3.8, 4) is 0 Å². The summed E-state index contributed by atoms with van der Waals surface area (Å²) in [7, 11) is 0. The molecule has 0 saturated heterocycles. The number of benzene rings is 1. The molecule has 0 atom stereocenters. The zero-order valence-electron chi connectivity index (χ0n) is 11.9. The topological polar surface area (TPSA) is 89.7 Å². The van der Waals surface area contributed by atoms with Gasteiger partial charge < -0.3 is 9.36 Å². The van der Waals surface area contributed by atoms with Gasteiger partial charge >= 0.3 is 5.97 Å². The summed E-state index contributed by atoms with van der Waals surface area (Å²) in [5, 5.41) is 4.01. The van der Waals surface area contributed by atoms with E-state index >= 15 is 0 Å². The SMILES string of the molecule is CC(C)c1oncc1C(=O)ON1C(=O)c2ccccc2C1=O. The summed E-state index contributed by atoms with van der Waals surface area (Å²) in [4.78, 5) is 41.3. The summed E-state index contributed by atoms with van der Waals surface area (Å²) in [5.41, 5.74) is 0.496. The average Bonchev–Trinajstić information content (AvgIpc) is 3.08. The van der Waals surface area contributed by atoms with Gasteiger partial charge in [-0.1, -0.05) is 36.2 Å². The number of carbonyl (C=O) groups is 3. The van der Waals surface area contributed by atoms with E-state index in [9.17, 15) is 14.4 Å². The minimum Gasteiger partial charge on any atom is -0.360 e. The van der Waals surface area contributed by atoms with Gasteiger partial charge in [-0.3, -0.25) is 9.59 Å². The summed E-state index contributed by atoms with van der Waals surface area (Å²) in [6.45, 7) is 3.64. The molecule has 2 amide bonds. The van der Waals surface area contributed by atoms with E-state index in [1.54, 1.807) is 12.1 Å². The summed E-state index contributed by atoms with van der Waals surface area (Å²) in [5.74, 6) is -1.96. The monoisotopic (exact) mass is 300 g/mol. The Morgan fingerprint density at radius 2 is 1.77 bits per heavy atom. The van der Waals surface area contributed by atoms with Crippen LogP contribution < -0.4 is 0 Å². The first-order valence-electron chi connectivity index (χ1n) is 6.65. The van der Waals surface area contributed by atoms with Crippen molar-refractivity contribution in [1.82, 2.24) is 10.2 Å². The molecule has 3 rings (SSSR count). The van der Waals surface area contributed by atoms with E-state index in [0.29, 0.717) is 10.8 Å². The van der Waals surface area contributed by atoms with Crippen molar-refractivity contribution in [2.45, 2.75) is 19.8 Å². The number of rotatable bonds is 3. The first-order chi connectivity index (χ1) is 10.5. The van der Waals surface area contributed by atoms with Gasteiger partial charge in [0.2, 0.25) is 0 Å². The van der Waals surface area contributed by atoms with Gasteiger partial charge in [-0.2, -0.15) is 0 Å². The zero-order chi connectivity index (χ0) is 15.9. The Bertz CT molecular complexity index is 743. The highest BCUT2D eigenvalue weighted by Crippen LogP contribution is 2.25. The predicted octanol–water partition coefficient (Wildman–Crippen LogP) is 2.17. The molecule has 7 nitrogen and oxygen atoms in total. The predicted molar refractivity (Wildman–Crippen MR) is 72.9 cm³/mol. The Morgan fingerprint density at radius 3 is 2.32 bits per heavy atom. The lowest BCUT2D eigenvalue weighted by Gasteiger charge is -2.12. The Hall–Kier alpha value is -2.96. The third-order valence-corrected chi connectivity index (χ3v) is 3.27. The van der Waals surface area contributed by atoms with E-state index in [1.165, 1.54) is 18.3 Å². The lowest BCUT2D eigenvalue weighted by Crippen LogP contribution is -2.32. The highest BCUT2D eigenvalue weighted by atomic mass is 16.7. The van der Waals surface area contributed by atoms with Crippen LogP contribution in [0.4, 0.5) is 0 Å². The number of hydrogen-bond donors (Lipinski definition) is 0. The molecule has 0 unspecified atom stereocenters. The fourth-order valence-corrected chi connectivity index (χ4v) is 2.20. The van der Waals surface area contributed by atoms with E-state index in [-0.39, 0.29) is 22.6 Å². The minimum atomic E-state index is -0.862. The number of aromatic nitrogens is 1. The van der Waals surface area contributed by atoms with Crippen LogP contribution in [-0.2, 0) is 4.84 Å². The highest BCUT2D eigenvalue weighted by Gasteiger charge is 2.39. The third-order valence-electron chi connectivity index (χ3n) is 3.27. The van der Waals surface area contributed by atoms with Crippen molar-refractivity contribution in [2.24, 2.45) is 0 Å². The maximum absolute atomic E-state index is 12.2. The average molecular weight is 300 g/mol. The quantitative estimate of drug-likeness (QED) is 0.807. The maximum atomic E-state index is 12.2. The molecule has 7 heteroatoms. The normalized spacial score (nSPS) is 13.7. The minimum absolute atomic E-state index is 0.0894.